The van der Waals surface area contributed by atoms with Crippen molar-refractivity contribution in [2.24, 2.45) is 17.8 Å². The maximum absolute atomic E-state index is 15.2. The molecule has 0 N–H and O–H groups in total. The highest BCUT2D eigenvalue weighted by molar-refractivity contribution is 5.65. The van der Waals surface area contributed by atoms with Gasteiger partial charge < -0.3 is 0 Å². The summed E-state index contributed by atoms with van der Waals surface area (Å²) in [6, 6.07) is 11.0. The summed E-state index contributed by atoms with van der Waals surface area (Å²) >= 11 is 0. The summed E-state index contributed by atoms with van der Waals surface area (Å²) in [6.07, 6.45) is 21.9. The van der Waals surface area contributed by atoms with Crippen molar-refractivity contribution < 1.29 is 8.78 Å². The number of halogens is 2. The average Bonchev–Trinajstić information content (AvgIpc) is 2.89. The molecule has 0 bridgehead atoms. The van der Waals surface area contributed by atoms with Crippen molar-refractivity contribution in [2.45, 2.75) is 110 Å². The molecule has 2 aromatic rings. The highest BCUT2D eigenvalue weighted by Crippen LogP contribution is 2.49. The van der Waals surface area contributed by atoms with E-state index >= 15 is 8.78 Å². The van der Waals surface area contributed by atoms with E-state index in [2.05, 4.69) is 19.1 Å². The maximum Gasteiger partial charge on any atom is 0.134 e. The number of rotatable bonds is 11. The molecule has 4 rings (SSSR count). The second-order valence-corrected chi connectivity index (χ2v) is 11.6. The fourth-order valence-corrected chi connectivity index (χ4v) is 6.95. The van der Waals surface area contributed by atoms with Crippen LogP contribution in [0.4, 0.5) is 8.78 Å². The molecule has 0 aromatic heterocycles. The van der Waals surface area contributed by atoms with Crippen molar-refractivity contribution >= 4 is 0 Å². The van der Waals surface area contributed by atoms with E-state index in [0.717, 1.165) is 49.0 Å². The molecule has 2 aliphatic rings. The minimum atomic E-state index is -0.416. The van der Waals surface area contributed by atoms with Gasteiger partial charge in [0.1, 0.15) is 11.6 Å². The summed E-state index contributed by atoms with van der Waals surface area (Å²) in [4.78, 5) is 0. The smallest absolute Gasteiger partial charge is 0.134 e. The molecule has 36 heavy (non-hydrogen) atoms. The molecule has 0 spiro atoms. The van der Waals surface area contributed by atoms with Crippen LogP contribution in [0, 0.1) is 29.4 Å². The van der Waals surface area contributed by atoms with Crippen molar-refractivity contribution in [3.8, 4) is 11.1 Å². The van der Waals surface area contributed by atoms with Crippen molar-refractivity contribution in [3.63, 3.8) is 0 Å². The Hall–Kier alpha value is -1.96. The van der Waals surface area contributed by atoms with Gasteiger partial charge in [-0.3, -0.25) is 0 Å². The Labute approximate surface area is 218 Å². The molecule has 196 valence electrons. The minimum absolute atomic E-state index is 0.117. The summed E-state index contributed by atoms with van der Waals surface area (Å²) in [5.74, 6) is 1.94. The number of unbranched alkanes of at least 4 members (excludes halogenated alkanes) is 4. The van der Waals surface area contributed by atoms with Crippen molar-refractivity contribution in [1.29, 1.82) is 0 Å². The summed E-state index contributed by atoms with van der Waals surface area (Å²) in [6.45, 7) is 4.30. The Kier molecular flexibility index (Phi) is 10.2. The van der Waals surface area contributed by atoms with Gasteiger partial charge in [-0.25, -0.2) is 8.78 Å². The third kappa shape index (κ3) is 7.08. The van der Waals surface area contributed by atoms with Crippen LogP contribution in [0.3, 0.4) is 0 Å². The van der Waals surface area contributed by atoms with E-state index in [1.165, 1.54) is 69.8 Å². The topological polar surface area (TPSA) is 0 Å². The van der Waals surface area contributed by atoms with Gasteiger partial charge in [-0.15, -0.1) is 0 Å². The van der Waals surface area contributed by atoms with Crippen LogP contribution in [-0.4, -0.2) is 0 Å². The largest absolute Gasteiger partial charge is 0.206 e. The number of benzene rings is 2. The molecular weight excluding hydrogens is 446 g/mol. The van der Waals surface area contributed by atoms with Gasteiger partial charge in [-0.1, -0.05) is 88.3 Å². The first-order valence-electron chi connectivity index (χ1n) is 14.8. The number of hydrogen-bond acceptors (Lipinski definition) is 0. The third-order valence-electron chi connectivity index (χ3n) is 9.05. The van der Waals surface area contributed by atoms with Gasteiger partial charge in [0, 0.05) is 0 Å². The number of hydrogen-bond donors (Lipinski definition) is 0. The zero-order chi connectivity index (χ0) is 25.3. The second kappa shape index (κ2) is 13.5. The molecule has 0 amide bonds. The van der Waals surface area contributed by atoms with E-state index < -0.39 is 11.6 Å². The molecular formula is C34H46F2. The average molecular weight is 493 g/mol. The molecule has 4 unspecified atom stereocenters. The first-order chi connectivity index (χ1) is 17.6. The summed E-state index contributed by atoms with van der Waals surface area (Å²) in [7, 11) is 0. The highest BCUT2D eigenvalue weighted by Gasteiger charge is 2.36. The lowest BCUT2D eigenvalue weighted by Crippen LogP contribution is -2.30. The van der Waals surface area contributed by atoms with E-state index in [1.54, 1.807) is 12.1 Å². The van der Waals surface area contributed by atoms with Gasteiger partial charge in [0.25, 0.3) is 0 Å². The molecule has 0 nitrogen and oxygen atoms in total. The zero-order valence-electron chi connectivity index (χ0n) is 22.6. The van der Waals surface area contributed by atoms with Gasteiger partial charge in [0.2, 0.25) is 0 Å². The van der Waals surface area contributed by atoms with E-state index in [4.69, 9.17) is 0 Å². The van der Waals surface area contributed by atoms with Crippen molar-refractivity contribution in [3.05, 3.63) is 71.3 Å². The van der Waals surface area contributed by atoms with Gasteiger partial charge in [0.05, 0.1) is 5.56 Å². The highest BCUT2D eigenvalue weighted by atomic mass is 19.1. The number of fused-ring (bicyclic) bond motifs is 1. The van der Waals surface area contributed by atoms with E-state index in [9.17, 15) is 0 Å². The monoisotopic (exact) mass is 492 g/mol. The summed E-state index contributed by atoms with van der Waals surface area (Å²) in [5, 5.41) is 0. The van der Waals surface area contributed by atoms with Crippen LogP contribution in [0.15, 0.2) is 48.6 Å². The lowest BCUT2D eigenvalue weighted by atomic mass is 9.63. The predicted molar refractivity (Wildman–Crippen MR) is 149 cm³/mol. The Balaban J connectivity index is 1.34. The fourth-order valence-electron chi connectivity index (χ4n) is 6.95. The Morgan fingerprint density at radius 3 is 2.25 bits per heavy atom. The van der Waals surface area contributed by atoms with Crippen LogP contribution in [-0.2, 0) is 6.42 Å². The van der Waals surface area contributed by atoms with Crippen LogP contribution in [0.5, 0.6) is 0 Å². The van der Waals surface area contributed by atoms with Gasteiger partial charge in [-0.05, 0) is 104 Å². The standard InChI is InChI=1S/C34H46F2/c1-3-5-7-8-10-12-26-15-18-29-22-30(20-19-28(29)21-26)31-23-32(35)34(33(36)24-31)27-16-13-25(14-17-27)11-9-6-4-2/h4,6,13-14,16-17,23-24,26,28-30H,3,5,7-12,15,18-22H2,1-2H3. The second-order valence-electron chi connectivity index (χ2n) is 11.6. The zero-order valence-corrected chi connectivity index (χ0v) is 22.6. The first-order valence-corrected chi connectivity index (χ1v) is 14.8. The van der Waals surface area contributed by atoms with Crippen molar-refractivity contribution in [2.75, 3.05) is 0 Å². The molecule has 4 atom stereocenters. The maximum atomic E-state index is 15.2. The van der Waals surface area contributed by atoms with E-state index in [0.29, 0.717) is 11.5 Å². The normalized spacial score (nSPS) is 24.2. The lowest BCUT2D eigenvalue weighted by Gasteiger charge is -2.42. The molecule has 2 saturated carbocycles. The molecule has 2 fully saturated rings. The van der Waals surface area contributed by atoms with Gasteiger partial charge >= 0.3 is 0 Å². The van der Waals surface area contributed by atoms with Gasteiger partial charge in [-0.2, -0.15) is 0 Å². The summed E-state index contributed by atoms with van der Waals surface area (Å²) in [5.41, 5.74) is 2.81. The Morgan fingerprint density at radius 1 is 0.833 bits per heavy atom. The molecule has 0 aliphatic heterocycles. The van der Waals surface area contributed by atoms with Crippen molar-refractivity contribution in [1.82, 2.24) is 0 Å². The van der Waals surface area contributed by atoms with Crippen LogP contribution < -0.4 is 0 Å². The molecule has 0 saturated heterocycles. The third-order valence-corrected chi connectivity index (χ3v) is 9.05. The van der Waals surface area contributed by atoms with Crippen LogP contribution in [0.2, 0.25) is 0 Å². The molecule has 0 radical (unpaired) electrons. The van der Waals surface area contributed by atoms with E-state index in [-0.39, 0.29) is 5.56 Å². The predicted octanol–water partition coefficient (Wildman–Crippen LogP) is 10.8. The SMILES string of the molecule is CC=CCCc1ccc(-c2c(F)cc(C3CCC4CC(CCCCCCC)CCC4C3)cc2F)cc1. The van der Waals surface area contributed by atoms with Crippen LogP contribution in [0.1, 0.15) is 114 Å². The molecule has 2 aromatic carbocycles. The van der Waals surface area contributed by atoms with Crippen LogP contribution >= 0.6 is 0 Å². The quantitative estimate of drug-likeness (QED) is 0.216. The Morgan fingerprint density at radius 2 is 1.53 bits per heavy atom. The van der Waals surface area contributed by atoms with E-state index in [1.807, 2.05) is 31.2 Å². The molecule has 2 heteroatoms. The molecule has 0 heterocycles. The lowest BCUT2D eigenvalue weighted by molar-refractivity contribution is 0.113. The number of aryl methyl sites for hydroxylation is 1. The summed E-state index contributed by atoms with van der Waals surface area (Å²) < 4.78 is 30.5. The molecule has 2 aliphatic carbocycles. The van der Waals surface area contributed by atoms with Crippen LogP contribution in [0.25, 0.3) is 11.1 Å². The fraction of sp³-hybridized carbons (Fsp3) is 0.588. The first kappa shape index (κ1) is 27.1. The number of allylic oxidation sites excluding steroid dienone is 2. The minimum Gasteiger partial charge on any atom is -0.206 e. The Bertz CT molecular complexity index is 950. The van der Waals surface area contributed by atoms with Gasteiger partial charge in [0.15, 0.2) is 0 Å².